The second-order valence-electron chi connectivity index (χ2n) is 6.85. The number of hydrogen-bond acceptors (Lipinski definition) is 1. The van der Waals surface area contributed by atoms with Gasteiger partial charge in [0.25, 0.3) is 0 Å². The van der Waals surface area contributed by atoms with Gasteiger partial charge >= 0.3 is 0 Å². The lowest BCUT2D eigenvalue weighted by atomic mass is 10.1. The molecule has 3 aromatic carbocycles. The van der Waals surface area contributed by atoms with Crippen LogP contribution in [-0.4, -0.2) is 4.57 Å². The fraction of sp³-hybridized carbons (Fsp3) is 0.167. The van der Waals surface area contributed by atoms with Gasteiger partial charge < -0.3 is 9.88 Å². The summed E-state index contributed by atoms with van der Waals surface area (Å²) >= 11 is 6.41. The average Bonchev–Trinajstić information content (AvgIpc) is 2.96. The zero-order chi connectivity index (χ0) is 18.6. The number of aromatic nitrogens is 1. The highest BCUT2D eigenvalue weighted by molar-refractivity contribution is 6.31. The van der Waals surface area contributed by atoms with Gasteiger partial charge in [-0.3, -0.25) is 0 Å². The maximum absolute atomic E-state index is 6.41. The fourth-order valence-corrected chi connectivity index (χ4v) is 3.85. The van der Waals surface area contributed by atoms with Crippen LogP contribution in [0.5, 0.6) is 0 Å². The van der Waals surface area contributed by atoms with Crippen molar-refractivity contribution in [1.82, 2.24) is 9.88 Å². The molecular weight excluding hydrogens is 387 g/mol. The zero-order valence-corrected chi connectivity index (χ0v) is 17.4. The highest BCUT2D eigenvalue weighted by atomic mass is 35.5. The molecule has 1 N–H and O–H groups in total. The Labute approximate surface area is 177 Å². The predicted octanol–water partition coefficient (Wildman–Crippen LogP) is 6.36. The Morgan fingerprint density at radius 3 is 2.29 bits per heavy atom. The van der Waals surface area contributed by atoms with Gasteiger partial charge in [-0.15, -0.1) is 12.4 Å². The van der Waals surface area contributed by atoms with Gasteiger partial charge in [-0.05, 0) is 35.7 Å². The van der Waals surface area contributed by atoms with E-state index >= 15 is 0 Å². The Morgan fingerprint density at radius 2 is 1.50 bits per heavy atom. The molecule has 0 spiro atoms. The molecule has 1 aromatic heterocycles. The molecule has 4 rings (SSSR count). The van der Waals surface area contributed by atoms with E-state index in [4.69, 9.17) is 11.6 Å². The molecule has 0 amide bonds. The van der Waals surface area contributed by atoms with Crippen LogP contribution in [-0.2, 0) is 19.6 Å². The second-order valence-corrected chi connectivity index (χ2v) is 7.26. The summed E-state index contributed by atoms with van der Waals surface area (Å²) in [4.78, 5) is 0. The number of nitrogens with one attached hydrogen (secondary N) is 1. The first kappa shape index (κ1) is 20.5. The predicted molar refractivity (Wildman–Crippen MR) is 121 cm³/mol. The number of hydrogen-bond donors (Lipinski definition) is 1. The van der Waals surface area contributed by atoms with Crippen molar-refractivity contribution in [3.63, 3.8) is 0 Å². The van der Waals surface area contributed by atoms with Crippen LogP contribution in [0.1, 0.15) is 22.4 Å². The molecule has 0 bridgehead atoms. The molecule has 0 radical (unpaired) electrons. The highest BCUT2D eigenvalue weighted by Gasteiger charge is 2.14. The van der Waals surface area contributed by atoms with E-state index in [9.17, 15) is 0 Å². The topological polar surface area (TPSA) is 17.0 Å². The quantitative estimate of drug-likeness (QED) is 0.391. The number of nitrogens with zero attached hydrogens (tertiary/aromatic N) is 1. The minimum atomic E-state index is 0. The molecule has 2 nitrogen and oxygen atoms in total. The van der Waals surface area contributed by atoms with Gasteiger partial charge in [0.15, 0.2) is 0 Å². The van der Waals surface area contributed by atoms with E-state index in [2.05, 4.69) is 77.5 Å². The average molecular weight is 411 g/mol. The molecule has 1 heterocycles. The maximum Gasteiger partial charge on any atom is 0.0493 e. The molecule has 0 aliphatic rings. The number of halogens is 2. The van der Waals surface area contributed by atoms with Crippen LogP contribution in [0.25, 0.3) is 10.9 Å². The first-order chi connectivity index (χ1) is 13.2. The van der Waals surface area contributed by atoms with E-state index in [1.807, 2.05) is 18.2 Å². The number of rotatable bonds is 6. The molecule has 0 unspecified atom stereocenters. The van der Waals surface area contributed by atoms with Gasteiger partial charge in [-0.25, -0.2) is 0 Å². The third-order valence-corrected chi connectivity index (χ3v) is 5.49. The molecule has 0 aliphatic heterocycles. The second kappa shape index (κ2) is 9.29. The third kappa shape index (κ3) is 4.25. The molecule has 0 saturated heterocycles. The third-order valence-electron chi connectivity index (χ3n) is 5.12. The van der Waals surface area contributed by atoms with Crippen LogP contribution in [0.2, 0.25) is 5.02 Å². The van der Waals surface area contributed by atoms with Gasteiger partial charge in [-0.2, -0.15) is 0 Å². The van der Waals surface area contributed by atoms with Crippen LogP contribution >= 0.6 is 24.0 Å². The monoisotopic (exact) mass is 410 g/mol. The minimum Gasteiger partial charge on any atom is -0.340 e. The molecule has 0 fully saturated rings. The summed E-state index contributed by atoms with van der Waals surface area (Å²) in [6, 6.07) is 27.2. The first-order valence-corrected chi connectivity index (χ1v) is 9.66. The molecule has 144 valence electrons. The van der Waals surface area contributed by atoms with Crippen LogP contribution < -0.4 is 5.32 Å². The lowest BCUT2D eigenvalue weighted by Gasteiger charge is -2.11. The summed E-state index contributed by atoms with van der Waals surface area (Å²) in [5.41, 5.74) is 6.35. The summed E-state index contributed by atoms with van der Waals surface area (Å²) in [5.74, 6) is 0. The Kier molecular flexibility index (Phi) is 6.79. The van der Waals surface area contributed by atoms with Crippen molar-refractivity contribution in [1.29, 1.82) is 0 Å². The van der Waals surface area contributed by atoms with Crippen LogP contribution in [0.4, 0.5) is 0 Å². The Hall–Kier alpha value is -2.26. The summed E-state index contributed by atoms with van der Waals surface area (Å²) in [7, 11) is 0. The van der Waals surface area contributed by atoms with E-state index in [1.54, 1.807) is 0 Å². The summed E-state index contributed by atoms with van der Waals surface area (Å²) < 4.78 is 2.37. The summed E-state index contributed by atoms with van der Waals surface area (Å²) in [6.45, 7) is 4.70. The summed E-state index contributed by atoms with van der Waals surface area (Å²) in [5, 5.41) is 5.73. The van der Waals surface area contributed by atoms with Gasteiger partial charge in [0.2, 0.25) is 0 Å². The van der Waals surface area contributed by atoms with Crippen LogP contribution in [0, 0.1) is 6.92 Å². The number of para-hydroxylation sites is 1. The first-order valence-electron chi connectivity index (χ1n) is 9.29. The highest BCUT2D eigenvalue weighted by Crippen LogP contribution is 2.28. The summed E-state index contributed by atoms with van der Waals surface area (Å²) in [6.07, 6.45) is 0. The van der Waals surface area contributed by atoms with Crippen molar-refractivity contribution in [3.8, 4) is 0 Å². The van der Waals surface area contributed by atoms with Crippen molar-refractivity contribution in [2.75, 3.05) is 0 Å². The molecule has 4 aromatic rings. The van der Waals surface area contributed by atoms with Crippen molar-refractivity contribution in [2.24, 2.45) is 0 Å². The van der Waals surface area contributed by atoms with Crippen molar-refractivity contribution >= 4 is 34.9 Å². The van der Waals surface area contributed by atoms with Gasteiger partial charge in [0, 0.05) is 41.3 Å². The van der Waals surface area contributed by atoms with Crippen LogP contribution in [0.3, 0.4) is 0 Å². The van der Waals surface area contributed by atoms with E-state index in [0.29, 0.717) is 0 Å². The Morgan fingerprint density at radius 1 is 0.821 bits per heavy atom. The van der Waals surface area contributed by atoms with E-state index in [0.717, 1.165) is 30.2 Å². The Bertz CT molecular complexity index is 1050. The largest absolute Gasteiger partial charge is 0.340 e. The zero-order valence-electron chi connectivity index (χ0n) is 15.9. The smallest absolute Gasteiger partial charge is 0.0493 e. The molecule has 28 heavy (non-hydrogen) atoms. The Balaban J connectivity index is 0.00000225. The molecule has 4 heteroatoms. The van der Waals surface area contributed by atoms with Crippen molar-refractivity contribution < 1.29 is 0 Å². The molecule has 0 atom stereocenters. The van der Waals surface area contributed by atoms with Gasteiger partial charge in [-0.1, -0.05) is 78.3 Å². The lowest BCUT2D eigenvalue weighted by molar-refractivity contribution is 0.686. The lowest BCUT2D eigenvalue weighted by Crippen LogP contribution is -2.13. The fourth-order valence-electron chi connectivity index (χ4n) is 3.65. The minimum absolute atomic E-state index is 0. The van der Waals surface area contributed by atoms with Crippen molar-refractivity contribution in [2.45, 2.75) is 26.6 Å². The van der Waals surface area contributed by atoms with Crippen molar-refractivity contribution in [3.05, 3.63) is 106 Å². The van der Waals surface area contributed by atoms with Crippen LogP contribution in [0.15, 0.2) is 78.9 Å². The maximum atomic E-state index is 6.41. The van der Waals surface area contributed by atoms with E-state index in [1.165, 1.54) is 27.7 Å². The van der Waals surface area contributed by atoms with E-state index in [-0.39, 0.29) is 12.4 Å². The van der Waals surface area contributed by atoms with Gasteiger partial charge in [0.05, 0.1) is 0 Å². The normalized spacial score (nSPS) is 10.8. The number of benzene rings is 3. The van der Waals surface area contributed by atoms with E-state index < -0.39 is 0 Å². The molecule has 0 aliphatic carbocycles. The molecular formula is C24H24Cl2N2. The standard InChI is InChI=1S/C24H23ClN2.ClH/c1-18-22(16-26-15-19-9-3-2-4-10-19)21-12-6-8-14-24(21)27(18)17-20-11-5-7-13-23(20)25;/h2-14,26H,15-17H2,1H3;1H. The SMILES string of the molecule is Cc1c(CNCc2ccccc2)c2ccccc2n1Cc1ccccc1Cl.Cl. The number of fused-ring (bicyclic) bond motifs is 1. The van der Waals surface area contributed by atoms with Gasteiger partial charge in [0.1, 0.15) is 0 Å². The molecule has 0 saturated carbocycles.